The van der Waals surface area contributed by atoms with Gasteiger partial charge in [0, 0.05) is 29.3 Å². The number of ether oxygens (including phenoxy) is 2. The van der Waals surface area contributed by atoms with Crippen molar-refractivity contribution in [2.75, 3.05) is 13.2 Å². The monoisotopic (exact) mass is 269 g/mol. The van der Waals surface area contributed by atoms with Crippen molar-refractivity contribution in [2.24, 2.45) is 11.8 Å². The van der Waals surface area contributed by atoms with Crippen LogP contribution in [0.3, 0.4) is 0 Å². The Morgan fingerprint density at radius 3 is 2.11 bits per heavy atom. The van der Waals surface area contributed by atoms with Gasteiger partial charge in [-0.3, -0.25) is 0 Å². The first-order valence-electron chi connectivity index (χ1n) is 7.86. The summed E-state index contributed by atoms with van der Waals surface area (Å²) in [4.78, 5) is 0. The largest absolute Gasteiger partial charge is 0.349 e. The summed E-state index contributed by atoms with van der Waals surface area (Å²) in [6, 6.07) is 0. The normalized spacial score (nSPS) is 51.5. The minimum absolute atomic E-state index is 0.0730. The van der Waals surface area contributed by atoms with Gasteiger partial charge in [0.1, 0.15) is 0 Å². The third kappa shape index (κ3) is 2.57. The average molecular weight is 269 g/mol. The van der Waals surface area contributed by atoms with Gasteiger partial charge in [-0.1, -0.05) is 27.7 Å². The van der Waals surface area contributed by atoms with E-state index in [1.165, 1.54) is 0 Å². The molecule has 0 radical (unpaired) electrons. The van der Waals surface area contributed by atoms with Crippen LogP contribution in [0.4, 0.5) is 0 Å². The van der Waals surface area contributed by atoms with Gasteiger partial charge in [-0.25, -0.2) is 0 Å². The summed E-state index contributed by atoms with van der Waals surface area (Å²) >= 11 is 0. The van der Waals surface area contributed by atoms with E-state index >= 15 is 0 Å². The van der Waals surface area contributed by atoms with Crippen LogP contribution < -0.4 is 5.32 Å². The molecule has 1 N–H and O–H groups in total. The van der Waals surface area contributed by atoms with Crippen molar-refractivity contribution in [3.8, 4) is 0 Å². The first-order valence-corrected chi connectivity index (χ1v) is 7.86. The molecule has 3 atom stereocenters. The lowest BCUT2D eigenvalue weighted by Gasteiger charge is -2.59. The molecule has 0 aromatic heterocycles. The zero-order valence-corrected chi connectivity index (χ0v) is 13.5. The second kappa shape index (κ2) is 5.01. The lowest BCUT2D eigenvalue weighted by Crippen LogP contribution is -2.72. The van der Waals surface area contributed by atoms with Crippen molar-refractivity contribution < 1.29 is 9.47 Å². The fraction of sp³-hybridized carbons (Fsp3) is 1.00. The Labute approximate surface area is 118 Å². The van der Waals surface area contributed by atoms with Crippen LogP contribution in [-0.2, 0) is 9.47 Å². The molecule has 0 aliphatic carbocycles. The van der Waals surface area contributed by atoms with Crippen molar-refractivity contribution in [1.29, 1.82) is 0 Å². The van der Waals surface area contributed by atoms with Crippen LogP contribution in [0.25, 0.3) is 0 Å². The summed E-state index contributed by atoms with van der Waals surface area (Å²) in [7, 11) is 0. The second-order valence-electron chi connectivity index (χ2n) is 7.25. The summed E-state index contributed by atoms with van der Waals surface area (Å²) in [6.07, 6.45) is 3.13. The maximum absolute atomic E-state index is 6.26. The van der Waals surface area contributed by atoms with Crippen LogP contribution in [0.15, 0.2) is 0 Å². The molecule has 3 unspecified atom stereocenters. The second-order valence-corrected chi connectivity index (χ2v) is 7.25. The number of rotatable bonds is 2. The van der Waals surface area contributed by atoms with E-state index < -0.39 is 5.79 Å². The van der Waals surface area contributed by atoms with Gasteiger partial charge in [0.05, 0.1) is 13.2 Å². The van der Waals surface area contributed by atoms with Crippen molar-refractivity contribution >= 4 is 0 Å². The Morgan fingerprint density at radius 2 is 1.63 bits per heavy atom. The number of nitrogens with one attached hydrogen (secondary N) is 1. The molecule has 2 saturated heterocycles. The standard InChI is InChI=1S/C16H31NO2/c1-7-14(5)11-16(18-9-12(3)10-19-16)13(4)15(6,8-2)17-14/h12-13,17H,7-11H2,1-6H3. The predicted octanol–water partition coefficient (Wildman–Crippen LogP) is 3.33. The van der Waals surface area contributed by atoms with Crippen LogP contribution in [0.1, 0.15) is 60.8 Å². The van der Waals surface area contributed by atoms with E-state index in [-0.39, 0.29) is 11.1 Å². The van der Waals surface area contributed by atoms with Crippen LogP contribution in [0, 0.1) is 11.8 Å². The van der Waals surface area contributed by atoms with Gasteiger partial charge in [-0.05, 0) is 26.7 Å². The average Bonchev–Trinajstić information content (AvgIpc) is 2.39. The van der Waals surface area contributed by atoms with Crippen molar-refractivity contribution in [2.45, 2.75) is 77.7 Å². The van der Waals surface area contributed by atoms with Crippen molar-refractivity contribution in [1.82, 2.24) is 5.32 Å². The fourth-order valence-electron chi connectivity index (χ4n) is 3.64. The Kier molecular flexibility index (Phi) is 4.03. The maximum Gasteiger partial charge on any atom is 0.174 e. The topological polar surface area (TPSA) is 30.5 Å². The number of hydrogen-bond acceptors (Lipinski definition) is 3. The Bertz CT molecular complexity index is 325. The van der Waals surface area contributed by atoms with Crippen LogP contribution in [0.5, 0.6) is 0 Å². The van der Waals surface area contributed by atoms with E-state index in [0.717, 1.165) is 32.5 Å². The van der Waals surface area contributed by atoms with Crippen LogP contribution >= 0.6 is 0 Å². The third-order valence-electron chi connectivity index (χ3n) is 5.58. The minimum atomic E-state index is -0.396. The molecule has 2 aliphatic rings. The zero-order chi connectivity index (χ0) is 14.3. The van der Waals surface area contributed by atoms with Gasteiger partial charge in [-0.2, -0.15) is 0 Å². The molecule has 19 heavy (non-hydrogen) atoms. The molecule has 2 fully saturated rings. The van der Waals surface area contributed by atoms with E-state index in [1.807, 2.05) is 0 Å². The van der Waals surface area contributed by atoms with Gasteiger partial charge < -0.3 is 14.8 Å². The summed E-state index contributed by atoms with van der Waals surface area (Å²) in [6.45, 7) is 15.2. The minimum Gasteiger partial charge on any atom is -0.349 e. The van der Waals surface area contributed by atoms with Crippen molar-refractivity contribution in [3.63, 3.8) is 0 Å². The number of piperidine rings is 1. The molecule has 3 nitrogen and oxygen atoms in total. The van der Waals surface area contributed by atoms with Gasteiger partial charge in [-0.15, -0.1) is 0 Å². The molecule has 0 amide bonds. The van der Waals surface area contributed by atoms with Gasteiger partial charge in [0.25, 0.3) is 0 Å². The van der Waals surface area contributed by atoms with E-state index in [1.54, 1.807) is 0 Å². The molecule has 2 heterocycles. The highest BCUT2D eigenvalue weighted by molar-refractivity contribution is 5.08. The first-order chi connectivity index (χ1) is 8.79. The quantitative estimate of drug-likeness (QED) is 0.834. The molecule has 0 aromatic rings. The van der Waals surface area contributed by atoms with Gasteiger partial charge in [0.15, 0.2) is 5.79 Å². The molecule has 1 spiro atoms. The molecule has 112 valence electrons. The zero-order valence-electron chi connectivity index (χ0n) is 13.5. The molecule has 0 aromatic carbocycles. The smallest absolute Gasteiger partial charge is 0.174 e. The first kappa shape index (κ1) is 15.3. The van der Waals surface area contributed by atoms with Crippen molar-refractivity contribution in [3.05, 3.63) is 0 Å². The highest BCUT2D eigenvalue weighted by Gasteiger charge is 2.57. The molecule has 2 aliphatic heterocycles. The SMILES string of the molecule is CCC1(C)CC2(OCC(C)CO2)C(C)C(C)(CC)N1. The maximum atomic E-state index is 6.26. The summed E-state index contributed by atoms with van der Waals surface area (Å²) in [5.74, 6) is 0.471. The summed E-state index contributed by atoms with van der Waals surface area (Å²) in [5.41, 5.74) is 0.168. The van der Waals surface area contributed by atoms with E-state index in [9.17, 15) is 0 Å². The van der Waals surface area contributed by atoms with E-state index in [4.69, 9.17) is 9.47 Å². The Balaban J connectivity index is 2.31. The highest BCUT2D eigenvalue weighted by atomic mass is 16.7. The molecule has 0 saturated carbocycles. The van der Waals surface area contributed by atoms with E-state index in [0.29, 0.717) is 11.8 Å². The highest BCUT2D eigenvalue weighted by Crippen LogP contribution is 2.47. The van der Waals surface area contributed by atoms with Gasteiger partial charge in [0.2, 0.25) is 0 Å². The summed E-state index contributed by atoms with van der Waals surface area (Å²) < 4.78 is 12.5. The van der Waals surface area contributed by atoms with Crippen LogP contribution in [0.2, 0.25) is 0 Å². The van der Waals surface area contributed by atoms with E-state index in [2.05, 4.69) is 46.9 Å². The van der Waals surface area contributed by atoms with Gasteiger partial charge >= 0.3 is 0 Å². The Morgan fingerprint density at radius 1 is 1.05 bits per heavy atom. The summed E-state index contributed by atoms with van der Waals surface area (Å²) in [5, 5.41) is 3.88. The molecule has 0 bridgehead atoms. The predicted molar refractivity (Wildman–Crippen MR) is 78.1 cm³/mol. The molecular formula is C16H31NO2. The lowest BCUT2D eigenvalue weighted by atomic mass is 9.67. The van der Waals surface area contributed by atoms with Crippen LogP contribution in [-0.4, -0.2) is 30.1 Å². The molecule has 2 rings (SSSR count). The molecule has 3 heteroatoms. The number of hydrogen-bond donors (Lipinski definition) is 1. The fourth-order valence-corrected chi connectivity index (χ4v) is 3.64. The third-order valence-corrected chi connectivity index (χ3v) is 5.58. The Hall–Kier alpha value is -0.120. The lowest BCUT2D eigenvalue weighted by molar-refractivity contribution is -0.335. The molecular weight excluding hydrogens is 238 g/mol.